The van der Waals surface area contributed by atoms with Gasteiger partial charge in [0.05, 0.1) is 0 Å². The SMILES string of the molecule is C[C@H](CCc1ccccc1)NC(=O)CN1C(=O)N[C@@](C)(c2ccccc2Cl)C1=O. The second-order valence-corrected chi connectivity index (χ2v) is 7.83. The van der Waals surface area contributed by atoms with E-state index in [9.17, 15) is 14.4 Å². The van der Waals surface area contributed by atoms with Crippen molar-refractivity contribution in [1.82, 2.24) is 15.5 Å². The molecule has 152 valence electrons. The maximum Gasteiger partial charge on any atom is 0.325 e. The standard InChI is InChI=1S/C22H24ClN3O3/c1-15(12-13-16-8-4-3-5-9-16)24-19(27)14-26-20(28)22(2,25-21(26)29)17-10-6-7-11-18(17)23/h3-11,15H,12-14H2,1-2H3,(H,24,27)(H,25,29)/t15-,22+/m1/s1. The molecule has 1 aliphatic rings. The summed E-state index contributed by atoms with van der Waals surface area (Å²) in [5.74, 6) is -0.875. The molecule has 7 heteroatoms. The van der Waals surface area contributed by atoms with Crippen molar-refractivity contribution in [2.45, 2.75) is 38.3 Å². The first-order chi connectivity index (χ1) is 13.8. The van der Waals surface area contributed by atoms with Gasteiger partial charge in [-0.15, -0.1) is 0 Å². The van der Waals surface area contributed by atoms with E-state index in [1.165, 1.54) is 5.56 Å². The van der Waals surface area contributed by atoms with Crippen LogP contribution in [0.5, 0.6) is 0 Å². The minimum Gasteiger partial charge on any atom is -0.352 e. The molecule has 1 aliphatic heterocycles. The van der Waals surface area contributed by atoms with Gasteiger partial charge >= 0.3 is 6.03 Å². The second kappa shape index (κ2) is 8.66. The fourth-order valence-electron chi connectivity index (χ4n) is 3.45. The number of halogens is 1. The highest BCUT2D eigenvalue weighted by molar-refractivity contribution is 6.32. The topological polar surface area (TPSA) is 78.5 Å². The second-order valence-electron chi connectivity index (χ2n) is 7.42. The van der Waals surface area contributed by atoms with Gasteiger partial charge in [0.1, 0.15) is 12.1 Å². The minimum atomic E-state index is -1.30. The normalized spacial score (nSPS) is 19.8. The van der Waals surface area contributed by atoms with Crippen LogP contribution in [0, 0.1) is 0 Å². The van der Waals surface area contributed by atoms with Crippen LogP contribution in [0.15, 0.2) is 54.6 Å². The number of nitrogens with one attached hydrogen (secondary N) is 2. The molecule has 2 atom stereocenters. The van der Waals surface area contributed by atoms with Crippen molar-refractivity contribution in [3.63, 3.8) is 0 Å². The maximum absolute atomic E-state index is 12.9. The van der Waals surface area contributed by atoms with Crippen molar-refractivity contribution in [2.75, 3.05) is 6.54 Å². The van der Waals surface area contributed by atoms with Gasteiger partial charge in [-0.05, 0) is 38.3 Å². The molecule has 1 saturated heterocycles. The predicted octanol–water partition coefficient (Wildman–Crippen LogP) is 3.24. The summed E-state index contributed by atoms with van der Waals surface area (Å²) in [5.41, 5.74) is 0.395. The number of rotatable bonds is 7. The molecule has 0 aromatic heterocycles. The number of hydrogen-bond acceptors (Lipinski definition) is 3. The largest absolute Gasteiger partial charge is 0.352 e. The Morgan fingerprint density at radius 3 is 2.48 bits per heavy atom. The molecular weight excluding hydrogens is 390 g/mol. The van der Waals surface area contributed by atoms with Crippen LogP contribution < -0.4 is 10.6 Å². The predicted molar refractivity (Wildman–Crippen MR) is 111 cm³/mol. The van der Waals surface area contributed by atoms with Gasteiger partial charge in [0.25, 0.3) is 5.91 Å². The number of urea groups is 1. The quantitative estimate of drug-likeness (QED) is 0.684. The Labute approximate surface area is 175 Å². The lowest BCUT2D eigenvalue weighted by molar-refractivity contribution is -0.135. The molecule has 0 bridgehead atoms. The third-order valence-electron chi connectivity index (χ3n) is 5.11. The van der Waals surface area contributed by atoms with Crippen molar-refractivity contribution in [3.05, 3.63) is 70.7 Å². The smallest absolute Gasteiger partial charge is 0.325 e. The van der Waals surface area contributed by atoms with E-state index in [2.05, 4.69) is 10.6 Å². The Morgan fingerprint density at radius 1 is 1.14 bits per heavy atom. The summed E-state index contributed by atoms with van der Waals surface area (Å²) < 4.78 is 0. The molecule has 0 aliphatic carbocycles. The Balaban J connectivity index is 1.59. The van der Waals surface area contributed by atoms with Gasteiger partial charge < -0.3 is 10.6 Å². The third-order valence-corrected chi connectivity index (χ3v) is 5.44. The molecule has 0 unspecified atom stereocenters. The van der Waals surface area contributed by atoms with Crippen LogP contribution in [0.2, 0.25) is 5.02 Å². The van der Waals surface area contributed by atoms with Crippen molar-refractivity contribution >= 4 is 29.4 Å². The number of carbonyl (C=O) groups is 3. The Hall–Kier alpha value is -2.86. The summed E-state index contributed by atoms with van der Waals surface area (Å²) >= 11 is 6.21. The Morgan fingerprint density at radius 2 is 1.79 bits per heavy atom. The monoisotopic (exact) mass is 413 g/mol. The van der Waals surface area contributed by atoms with Gasteiger partial charge in [-0.2, -0.15) is 0 Å². The van der Waals surface area contributed by atoms with Gasteiger partial charge in [0.15, 0.2) is 0 Å². The lowest BCUT2D eigenvalue weighted by Gasteiger charge is -2.23. The minimum absolute atomic E-state index is 0.0848. The first kappa shape index (κ1) is 20.9. The maximum atomic E-state index is 12.9. The molecule has 0 radical (unpaired) electrons. The number of hydrogen-bond donors (Lipinski definition) is 2. The Kier molecular flexibility index (Phi) is 6.23. The zero-order chi connectivity index (χ0) is 21.0. The van der Waals surface area contributed by atoms with Crippen LogP contribution in [-0.2, 0) is 21.5 Å². The van der Waals surface area contributed by atoms with Crippen molar-refractivity contribution in [3.8, 4) is 0 Å². The third kappa shape index (κ3) is 4.59. The summed E-state index contributed by atoms with van der Waals surface area (Å²) in [6.45, 7) is 3.16. The molecule has 1 heterocycles. The zero-order valence-electron chi connectivity index (χ0n) is 16.4. The van der Waals surface area contributed by atoms with E-state index in [4.69, 9.17) is 11.6 Å². The summed E-state index contributed by atoms with van der Waals surface area (Å²) in [5, 5.41) is 5.90. The Bertz CT molecular complexity index is 919. The average molecular weight is 414 g/mol. The lowest BCUT2D eigenvalue weighted by Crippen LogP contribution is -2.45. The highest BCUT2D eigenvalue weighted by atomic mass is 35.5. The van der Waals surface area contributed by atoms with E-state index < -0.39 is 17.5 Å². The number of imide groups is 1. The van der Waals surface area contributed by atoms with Gasteiger partial charge in [-0.1, -0.05) is 60.1 Å². The summed E-state index contributed by atoms with van der Waals surface area (Å²) in [6, 6.07) is 16.1. The molecule has 2 N–H and O–H groups in total. The first-order valence-electron chi connectivity index (χ1n) is 9.53. The number of carbonyl (C=O) groups excluding carboxylic acids is 3. The first-order valence-corrected chi connectivity index (χ1v) is 9.91. The highest BCUT2D eigenvalue weighted by Gasteiger charge is 2.50. The number of nitrogens with zero attached hydrogens (tertiary/aromatic N) is 1. The molecular formula is C22H24ClN3O3. The average Bonchev–Trinajstić information content (AvgIpc) is 2.91. The molecule has 2 aromatic rings. The molecule has 0 spiro atoms. The molecule has 1 fully saturated rings. The van der Waals surface area contributed by atoms with E-state index >= 15 is 0 Å². The van der Waals surface area contributed by atoms with Crippen LogP contribution in [0.25, 0.3) is 0 Å². The van der Waals surface area contributed by atoms with Crippen LogP contribution in [0.3, 0.4) is 0 Å². The van der Waals surface area contributed by atoms with Gasteiger partial charge in [0.2, 0.25) is 5.91 Å². The number of aryl methyl sites for hydroxylation is 1. The molecule has 6 nitrogen and oxygen atoms in total. The van der Waals surface area contributed by atoms with Crippen LogP contribution in [0.1, 0.15) is 31.4 Å². The van der Waals surface area contributed by atoms with Crippen LogP contribution in [-0.4, -0.2) is 35.3 Å². The summed E-state index contributed by atoms with van der Waals surface area (Å²) in [6.07, 6.45) is 1.59. The molecule has 2 aromatic carbocycles. The van der Waals surface area contributed by atoms with Crippen molar-refractivity contribution < 1.29 is 14.4 Å². The van der Waals surface area contributed by atoms with E-state index in [1.54, 1.807) is 31.2 Å². The van der Waals surface area contributed by atoms with Crippen molar-refractivity contribution in [1.29, 1.82) is 0 Å². The molecule has 0 saturated carbocycles. The molecule has 4 amide bonds. The number of amides is 4. The lowest BCUT2D eigenvalue weighted by atomic mass is 9.92. The number of benzene rings is 2. The van der Waals surface area contributed by atoms with E-state index in [1.807, 2.05) is 37.3 Å². The molecule has 29 heavy (non-hydrogen) atoms. The van der Waals surface area contributed by atoms with Gasteiger partial charge in [-0.25, -0.2) is 4.79 Å². The fraction of sp³-hybridized carbons (Fsp3) is 0.318. The van der Waals surface area contributed by atoms with Gasteiger partial charge in [-0.3, -0.25) is 14.5 Å². The fourth-order valence-corrected chi connectivity index (χ4v) is 3.78. The highest BCUT2D eigenvalue weighted by Crippen LogP contribution is 2.33. The van der Waals surface area contributed by atoms with E-state index in [0.717, 1.165) is 17.7 Å². The molecule has 3 rings (SSSR count). The van der Waals surface area contributed by atoms with Gasteiger partial charge in [0, 0.05) is 16.6 Å². The van der Waals surface area contributed by atoms with E-state index in [0.29, 0.717) is 10.6 Å². The van der Waals surface area contributed by atoms with Crippen LogP contribution in [0.4, 0.5) is 4.79 Å². The zero-order valence-corrected chi connectivity index (χ0v) is 17.2. The van der Waals surface area contributed by atoms with Crippen LogP contribution >= 0.6 is 11.6 Å². The van der Waals surface area contributed by atoms with Crippen molar-refractivity contribution in [2.24, 2.45) is 0 Å². The summed E-state index contributed by atoms with van der Waals surface area (Å²) in [7, 11) is 0. The summed E-state index contributed by atoms with van der Waals surface area (Å²) in [4.78, 5) is 38.7. The van der Waals surface area contributed by atoms with E-state index in [-0.39, 0.29) is 18.5 Å².